The molecule has 0 aliphatic carbocycles. The Labute approximate surface area is 543 Å². The van der Waals surface area contributed by atoms with Gasteiger partial charge in [-0.15, -0.1) is 0 Å². The normalized spacial score (nSPS) is 35.3. The highest BCUT2D eigenvalue weighted by atomic mass is 15.5. The Kier molecular flexibility index (Phi) is 36.3. The van der Waals surface area contributed by atoms with Crippen molar-refractivity contribution in [1.29, 1.82) is 0 Å². The fraction of sp³-hybridized carbons (Fsp3) is 1.00. The van der Waals surface area contributed by atoms with Gasteiger partial charge >= 0.3 is 0 Å². The van der Waals surface area contributed by atoms with E-state index in [9.17, 15) is 0 Å². The highest BCUT2D eigenvalue weighted by Gasteiger charge is 2.48. The van der Waals surface area contributed by atoms with Gasteiger partial charge in [-0.1, -0.05) is 82.1 Å². The van der Waals surface area contributed by atoms with Crippen LogP contribution in [0.3, 0.4) is 0 Å². The van der Waals surface area contributed by atoms with Gasteiger partial charge in [0.1, 0.15) is 58.1 Å². The quantitative estimate of drug-likeness (QED) is 0.0891. The van der Waals surface area contributed by atoms with Crippen molar-refractivity contribution < 1.29 is 26.9 Å². The van der Waals surface area contributed by atoms with E-state index in [1.807, 2.05) is 0 Å². The van der Waals surface area contributed by atoms with E-state index in [4.69, 9.17) is 0 Å². The van der Waals surface area contributed by atoms with Gasteiger partial charge in [0, 0.05) is 41.7 Å². The summed E-state index contributed by atoms with van der Waals surface area (Å²) in [4.78, 5) is 16.1. The van der Waals surface area contributed by atoms with Crippen LogP contribution in [0, 0.1) is 0 Å². The number of quaternary nitrogens is 6. The molecule has 0 aromatic heterocycles. The lowest BCUT2D eigenvalue weighted by atomic mass is 9.97. The third-order valence-corrected chi connectivity index (χ3v) is 25.4. The second-order valence-electron chi connectivity index (χ2n) is 32.4. The summed E-state index contributed by atoms with van der Waals surface area (Å²) in [7, 11) is 14.4. The maximum atomic E-state index is 2.76. The van der Waals surface area contributed by atoms with Crippen molar-refractivity contribution in [3.63, 3.8) is 0 Å². The Bertz CT molecular complexity index is 1800. The summed E-state index contributed by atoms with van der Waals surface area (Å²) < 4.78 is 7.42. The molecule has 0 amide bonds. The first kappa shape index (κ1) is 83.5. The molecule has 86 heavy (non-hydrogen) atoms. The molecule has 0 aromatic carbocycles. The van der Waals surface area contributed by atoms with Crippen LogP contribution in [0.25, 0.3) is 0 Å². The molecular weight excluding hydrogens is 1060 g/mol. The van der Waals surface area contributed by atoms with Crippen molar-refractivity contribution in [1.82, 2.24) is 29.4 Å². The van der Waals surface area contributed by atoms with Crippen molar-refractivity contribution in [2.45, 2.75) is 329 Å². The number of nitrogens with zero attached hydrogens (tertiary/aromatic N) is 12. The van der Waals surface area contributed by atoms with Gasteiger partial charge in [-0.2, -0.15) is 0 Å². The SMILES string of the molecule is CCC(C)N1CC(C)[N@@+](C)(CC)C1.CCC(C)N1CC(CC)[N@@+](C)(CC)C1.CCC(C)N1C[N@+](C)(CC)CC1C.CCC(C)N1C[N@+](C)(CC)CC1CC.CCCC1CN(C(C)(C)CC)C[N@+]1(C)CC.CCCC1C[N@@+](C)(CC)CN1C(C)(C)CC. The molecule has 0 saturated carbocycles. The molecule has 6 aliphatic heterocycles. The zero-order chi connectivity index (χ0) is 66.5. The lowest BCUT2D eigenvalue weighted by Crippen LogP contribution is -2.50. The van der Waals surface area contributed by atoms with Crippen LogP contribution in [0.2, 0.25) is 0 Å². The van der Waals surface area contributed by atoms with E-state index in [2.05, 4.69) is 252 Å². The topological polar surface area (TPSA) is 19.4 Å². The van der Waals surface area contributed by atoms with Crippen molar-refractivity contribution >= 4 is 0 Å². The molecular formula is C74H166N12+6. The summed E-state index contributed by atoms with van der Waals surface area (Å²) in [6.07, 6.45) is 15.6. The van der Waals surface area contributed by atoms with E-state index >= 15 is 0 Å². The van der Waals surface area contributed by atoms with Crippen LogP contribution in [0.5, 0.6) is 0 Å². The third-order valence-electron chi connectivity index (χ3n) is 25.4. The zero-order valence-electron chi connectivity index (χ0n) is 65.4. The van der Waals surface area contributed by atoms with Crippen molar-refractivity contribution in [2.24, 2.45) is 0 Å². The van der Waals surface area contributed by atoms with E-state index in [0.29, 0.717) is 11.1 Å². The van der Waals surface area contributed by atoms with Crippen molar-refractivity contribution in [3.8, 4) is 0 Å². The molecule has 6 heterocycles. The predicted octanol–water partition coefficient (Wildman–Crippen LogP) is 14.6. The van der Waals surface area contributed by atoms with Gasteiger partial charge in [-0.25, -0.2) is 29.4 Å². The van der Waals surface area contributed by atoms with Gasteiger partial charge in [0.2, 0.25) is 0 Å². The maximum absolute atomic E-state index is 2.76. The van der Waals surface area contributed by atoms with E-state index in [0.717, 1.165) is 60.4 Å². The second-order valence-corrected chi connectivity index (χ2v) is 32.4. The fourth-order valence-corrected chi connectivity index (χ4v) is 15.2. The molecule has 12 nitrogen and oxygen atoms in total. The number of rotatable bonds is 24. The lowest BCUT2D eigenvalue weighted by Gasteiger charge is -2.37. The first-order valence-electron chi connectivity index (χ1n) is 37.5. The molecule has 12 heteroatoms. The number of hydrogen-bond acceptors (Lipinski definition) is 6. The molecule has 0 bridgehead atoms. The summed E-state index contributed by atoms with van der Waals surface area (Å²) in [6.45, 7) is 83.6. The molecule has 6 fully saturated rings. The maximum Gasteiger partial charge on any atom is 0.135 e. The van der Waals surface area contributed by atoms with Crippen LogP contribution in [0.4, 0.5) is 0 Å². The summed E-state index contributed by atoms with van der Waals surface area (Å²) in [5.74, 6) is 0. The van der Waals surface area contributed by atoms with Gasteiger partial charge in [-0.3, -0.25) is 0 Å². The molecule has 6 saturated heterocycles. The van der Waals surface area contributed by atoms with E-state index < -0.39 is 0 Å². The van der Waals surface area contributed by atoms with Gasteiger partial charge in [0.25, 0.3) is 0 Å². The second kappa shape index (κ2) is 37.4. The first-order valence-corrected chi connectivity index (χ1v) is 37.5. The monoisotopic (exact) mass is 1220 g/mol. The van der Waals surface area contributed by atoms with Crippen LogP contribution >= 0.6 is 0 Å². The Morgan fingerprint density at radius 1 is 0.395 bits per heavy atom. The fourth-order valence-electron chi connectivity index (χ4n) is 15.2. The van der Waals surface area contributed by atoms with Crippen LogP contribution in [-0.2, 0) is 0 Å². The molecule has 16 atom stereocenters. The van der Waals surface area contributed by atoms with Gasteiger partial charge < -0.3 is 26.9 Å². The Morgan fingerprint density at radius 2 is 0.814 bits per heavy atom. The highest BCUT2D eigenvalue weighted by molar-refractivity contribution is 4.88. The van der Waals surface area contributed by atoms with E-state index in [-0.39, 0.29) is 0 Å². The van der Waals surface area contributed by atoms with Crippen molar-refractivity contribution in [3.05, 3.63) is 0 Å². The summed E-state index contributed by atoms with van der Waals surface area (Å²) in [6, 6.07) is 7.91. The average molecular weight is 1220 g/mol. The van der Waals surface area contributed by atoms with Crippen LogP contribution < -0.4 is 0 Å². The first-order chi connectivity index (χ1) is 40.0. The predicted molar refractivity (Wildman–Crippen MR) is 382 cm³/mol. The molecule has 0 N–H and O–H groups in total. The van der Waals surface area contributed by atoms with Gasteiger partial charge in [-0.05, 0) is 169 Å². The molecule has 0 radical (unpaired) electrons. The van der Waals surface area contributed by atoms with Crippen LogP contribution in [-0.4, -0.2) is 289 Å². The van der Waals surface area contributed by atoms with Gasteiger partial charge in [0.15, 0.2) is 0 Å². The number of likely N-dealkylation sites (N-methyl/N-ethyl adjacent to an activating group) is 6. The van der Waals surface area contributed by atoms with Crippen molar-refractivity contribution in [2.75, 3.05) is 161 Å². The minimum atomic E-state index is 0.366. The van der Waals surface area contributed by atoms with Crippen LogP contribution in [0.15, 0.2) is 0 Å². The Hall–Kier alpha value is -0.480. The average Bonchev–Trinajstić information content (AvgIpc) is 3.48. The molecule has 10 unspecified atom stereocenters. The summed E-state index contributed by atoms with van der Waals surface area (Å²) in [5, 5.41) is 0. The summed E-state index contributed by atoms with van der Waals surface area (Å²) >= 11 is 0. The molecule has 0 aromatic rings. The van der Waals surface area contributed by atoms with E-state index in [1.165, 1.54) is 222 Å². The van der Waals surface area contributed by atoms with Gasteiger partial charge in [0.05, 0.1) is 139 Å². The zero-order valence-corrected chi connectivity index (χ0v) is 65.4. The molecule has 516 valence electrons. The number of hydrogen-bond donors (Lipinski definition) is 0. The highest BCUT2D eigenvalue weighted by Crippen LogP contribution is 2.34. The standard InChI is InChI=1S/2C14H31N2.2C12H27N2.2C11H25N2/c1-7-10-13-11-16(6,9-3)12-15(13)14(4,5)8-2;1-7-10-13-11-15(14(4,5)8-2)12-16(13,6)9-3;1-6-11(4)13-10-14(5,8-3)9-12(13)7-2;1-6-11(4)13-9-12(7-2)14(5,8-3)10-13;1-6-10(3)12-9-13(5,7-2)8-11(12)4;1-6-10(3)12-8-11(4)13(5,7-2)9-12/h2*13H,7-12H2,1-6H3;2*11-12H,6-10H2,1-5H3;2*10-11H,6-9H2,1-5H3/q6*+1/t2*13?,16-;2*11?,12?,14-;2*10?,11?,13-/m101010/s1. The van der Waals surface area contributed by atoms with Crippen LogP contribution in [0.1, 0.15) is 257 Å². The summed E-state index contributed by atoms with van der Waals surface area (Å²) in [5.41, 5.74) is 0.738. The Balaban J connectivity index is 0.000000517. The Morgan fingerprint density at radius 3 is 1.21 bits per heavy atom. The smallest absolute Gasteiger partial charge is 0.135 e. The largest absolute Gasteiger partial charge is 0.312 e. The minimum absolute atomic E-state index is 0.366. The molecule has 6 rings (SSSR count). The molecule has 6 aliphatic rings. The minimum Gasteiger partial charge on any atom is -0.312 e. The van der Waals surface area contributed by atoms with E-state index in [1.54, 1.807) is 0 Å². The lowest BCUT2D eigenvalue weighted by molar-refractivity contribution is -0.923. The third kappa shape index (κ3) is 23.2. The molecule has 0 spiro atoms.